The normalized spacial score (nSPS) is 20.0. The summed E-state index contributed by atoms with van der Waals surface area (Å²) in [5, 5.41) is 16.6. The average Bonchev–Trinajstić information content (AvgIpc) is 3.40. The molecule has 1 aromatic rings. The van der Waals surface area contributed by atoms with Gasteiger partial charge in [0.05, 0.1) is 10.8 Å². The molecule has 2 aliphatic rings. The van der Waals surface area contributed by atoms with Crippen LogP contribution in [0.25, 0.3) is 0 Å². The van der Waals surface area contributed by atoms with E-state index in [0.29, 0.717) is 30.4 Å². The van der Waals surface area contributed by atoms with Crippen molar-refractivity contribution in [1.29, 1.82) is 0 Å². The Labute approximate surface area is 145 Å². The van der Waals surface area contributed by atoms with Crippen LogP contribution in [0.2, 0.25) is 0 Å². The van der Waals surface area contributed by atoms with Crippen LogP contribution in [-0.4, -0.2) is 40.9 Å². The number of anilines is 1. The van der Waals surface area contributed by atoms with Crippen LogP contribution in [-0.2, 0) is 4.79 Å². The van der Waals surface area contributed by atoms with Crippen molar-refractivity contribution in [2.45, 2.75) is 38.6 Å². The van der Waals surface area contributed by atoms with Gasteiger partial charge in [0.2, 0.25) is 5.91 Å². The highest BCUT2D eigenvalue weighted by molar-refractivity contribution is 5.94. The minimum atomic E-state index is -0.462. The zero-order chi connectivity index (χ0) is 18.0. The van der Waals surface area contributed by atoms with E-state index in [2.05, 4.69) is 10.6 Å². The summed E-state index contributed by atoms with van der Waals surface area (Å²) in [5.74, 6) is -0.422. The van der Waals surface area contributed by atoms with E-state index in [4.69, 9.17) is 0 Å². The van der Waals surface area contributed by atoms with Gasteiger partial charge in [0.15, 0.2) is 0 Å². The van der Waals surface area contributed by atoms with Crippen LogP contribution in [0.3, 0.4) is 0 Å². The van der Waals surface area contributed by atoms with Gasteiger partial charge in [0.1, 0.15) is 0 Å². The molecule has 1 saturated carbocycles. The van der Waals surface area contributed by atoms with Crippen molar-refractivity contribution in [3.05, 3.63) is 33.9 Å². The summed E-state index contributed by atoms with van der Waals surface area (Å²) in [6.45, 7) is 2.79. The summed E-state index contributed by atoms with van der Waals surface area (Å²) in [6, 6.07) is 4.56. The van der Waals surface area contributed by atoms with Crippen molar-refractivity contribution in [1.82, 2.24) is 10.2 Å². The molecule has 1 aliphatic carbocycles. The number of hydrogen-bond acceptors (Lipinski definition) is 4. The predicted molar refractivity (Wildman–Crippen MR) is 92.3 cm³/mol. The van der Waals surface area contributed by atoms with Gasteiger partial charge < -0.3 is 15.5 Å². The van der Waals surface area contributed by atoms with E-state index in [0.717, 1.165) is 25.7 Å². The number of hydrogen-bond donors (Lipinski definition) is 2. The van der Waals surface area contributed by atoms with Gasteiger partial charge in [-0.2, -0.15) is 0 Å². The lowest BCUT2D eigenvalue weighted by Gasteiger charge is -2.32. The maximum atomic E-state index is 12.5. The van der Waals surface area contributed by atoms with Gasteiger partial charge in [0, 0.05) is 37.0 Å². The minimum Gasteiger partial charge on any atom is -0.335 e. The van der Waals surface area contributed by atoms with Gasteiger partial charge in [-0.25, -0.2) is 4.79 Å². The van der Waals surface area contributed by atoms with Crippen LogP contribution >= 0.6 is 0 Å². The Hall–Kier alpha value is -2.64. The fourth-order valence-corrected chi connectivity index (χ4v) is 3.01. The first-order chi connectivity index (χ1) is 11.9. The molecule has 0 bridgehead atoms. The van der Waals surface area contributed by atoms with Crippen molar-refractivity contribution in [3.8, 4) is 0 Å². The van der Waals surface area contributed by atoms with E-state index in [1.54, 1.807) is 17.9 Å². The fraction of sp³-hybridized carbons (Fsp3) is 0.529. The number of piperidine rings is 1. The molecule has 0 radical (unpaired) electrons. The number of nitro benzene ring substituents is 1. The molecule has 8 heteroatoms. The van der Waals surface area contributed by atoms with Gasteiger partial charge in [-0.1, -0.05) is 0 Å². The van der Waals surface area contributed by atoms with E-state index in [1.165, 1.54) is 12.1 Å². The number of nitrogens with one attached hydrogen (secondary N) is 2. The molecule has 3 amide bonds. The second kappa shape index (κ2) is 7.08. The number of amides is 3. The SMILES string of the molecule is Cc1cc([N+](=O)[O-])ccc1NC(=O)C1CCCN(C(=O)NC2CC2)C1. The summed E-state index contributed by atoms with van der Waals surface area (Å²) >= 11 is 0. The van der Waals surface area contributed by atoms with Crippen molar-refractivity contribution in [3.63, 3.8) is 0 Å². The molecule has 1 atom stereocenters. The van der Waals surface area contributed by atoms with Crippen LogP contribution < -0.4 is 10.6 Å². The largest absolute Gasteiger partial charge is 0.335 e. The van der Waals surface area contributed by atoms with Gasteiger partial charge in [-0.15, -0.1) is 0 Å². The molecule has 134 valence electrons. The Balaban J connectivity index is 1.60. The number of nitrogens with zero attached hydrogens (tertiary/aromatic N) is 2. The number of nitro groups is 1. The molecular formula is C17H22N4O4. The third kappa shape index (κ3) is 4.26. The molecule has 1 heterocycles. The predicted octanol–water partition coefficient (Wildman–Crippen LogP) is 2.43. The van der Waals surface area contributed by atoms with Gasteiger partial charge in [-0.05, 0) is 44.2 Å². The molecule has 25 heavy (non-hydrogen) atoms. The fourth-order valence-electron chi connectivity index (χ4n) is 3.01. The summed E-state index contributed by atoms with van der Waals surface area (Å²) in [4.78, 5) is 36.7. The molecule has 1 unspecified atom stereocenters. The highest BCUT2D eigenvalue weighted by Crippen LogP contribution is 2.24. The Bertz CT molecular complexity index is 702. The standard InChI is InChI=1S/C17H22N4O4/c1-11-9-14(21(24)25)6-7-15(11)19-16(22)12-3-2-8-20(10-12)17(23)18-13-4-5-13/h6-7,9,12-13H,2-5,8,10H2,1H3,(H,18,23)(H,19,22). The molecule has 1 aromatic carbocycles. The van der Waals surface area contributed by atoms with Crippen molar-refractivity contribution in [2.75, 3.05) is 18.4 Å². The van der Waals surface area contributed by atoms with E-state index < -0.39 is 4.92 Å². The number of rotatable bonds is 4. The smallest absolute Gasteiger partial charge is 0.317 e. The number of carbonyl (C=O) groups is 2. The quantitative estimate of drug-likeness (QED) is 0.645. The number of benzene rings is 1. The highest BCUT2D eigenvalue weighted by atomic mass is 16.6. The maximum Gasteiger partial charge on any atom is 0.317 e. The molecule has 2 N–H and O–H groups in total. The van der Waals surface area contributed by atoms with E-state index in [1.807, 2.05) is 0 Å². The summed E-state index contributed by atoms with van der Waals surface area (Å²) in [5.41, 5.74) is 1.20. The second-order valence-electron chi connectivity index (χ2n) is 6.75. The van der Waals surface area contributed by atoms with Crippen molar-refractivity contribution >= 4 is 23.3 Å². The zero-order valence-corrected chi connectivity index (χ0v) is 14.2. The molecule has 2 fully saturated rings. The third-order valence-electron chi connectivity index (χ3n) is 4.66. The number of non-ortho nitro benzene ring substituents is 1. The summed E-state index contributed by atoms with van der Waals surface area (Å²) < 4.78 is 0. The molecule has 0 spiro atoms. The van der Waals surface area contributed by atoms with Gasteiger partial charge in [0.25, 0.3) is 5.69 Å². The first-order valence-electron chi connectivity index (χ1n) is 8.55. The monoisotopic (exact) mass is 346 g/mol. The highest BCUT2D eigenvalue weighted by Gasteiger charge is 2.31. The maximum absolute atomic E-state index is 12.5. The summed E-state index contributed by atoms with van der Waals surface area (Å²) in [7, 11) is 0. The second-order valence-corrected chi connectivity index (χ2v) is 6.75. The first kappa shape index (κ1) is 17.2. The number of carbonyl (C=O) groups excluding carboxylic acids is 2. The van der Waals surface area contributed by atoms with Crippen LogP contribution in [0.1, 0.15) is 31.2 Å². The van der Waals surface area contributed by atoms with Crippen LogP contribution in [0.15, 0.2) is 18.2 Å². The van der Waals surface area contributed by atoms with E-state index in [9.17, 15) is 19.7 Å². The van der Waals surface area contributed by atoms with Crippen LogP contribution in [0.4, 0.5) is 16.2 Å². The van der Waals surface area contributed by atoms with Crippen molar-refractivity contribution in [2.24, 2.45) is 5.92 Å². The molecule has 8 nitrogen and oxygen atoms in total. The molecule has 3 rings (SSSR count). The van der Waals surface area contributed by atoms with Crippen LogP contribution in [0.5, 0.6) is 0 Å². The molecular weight excluding hydrogens is 324 g/mol. The molecule has 1 saturated heterocycles. The Morgan fingerprint density at radius 1 is 1.28 bits per heavy atom. The third-order valence-corrected chi connectivity index (χ3v) is 4.66. The molecule has 0 aromatic heterocycles. The number of likely N-dealkylation sites (tertiary alicyclic amines) is 1. The lowest BCUT2D eigenvalue weighted by molar-refractivity contribution is -0.384. The number of aryl methyl sites for hydroxylation is 1. The Morgan fingerprint density at radius 2 is 2.04 bits per heavy atom. The molecule has 1 aliphatic heterocycles. The lowest BCUT2D eigenvalue weighted by atomic mass is 9.97. The summed E-state index contributed by atoms with van der Waals surface area (Å²) in [6.07, 6.45) is 3.58. The first-order valence-corrected chi connectivity index (χ1v) is 8.55. The van der Waals surface area contributed by atoms with Crippen LogP contribution in [0, 0.1) is 23.0 Å². The average molecular weight is 346 g/mol. The lowest BCUT2D eigenvalue weighted by Crippen LogP contribution is -2.48. The van der Waals surface area contributed by atoms with Gasteiger partial charge in [-0.3, -0.25) is 14.9 Å². The minimum absolute atomic E-state index is 0.00362. The zero-order valence-electron chi connectivity index (χ0n) is 14.2. The van der Waals surface area contributed by atoms with Crippen molar-refractivity contribution < 1.29 is 14.5 Å². The van der Waals surface area contributed by atoms with E-state index >= 15 is 0 Å². The topological polar surface area (TPSA) is 105 Å². The van der Waals surface area contributed by atoms with E-state index in [-0.39, 0.29) is 23.5 Å². The Kier molecular flexibility index (Phi) is 4.87. The Morgan fingerprint density at radius 3 is 2.68 bits per heavy atom. The number of urea groups is 1. The van der Waals surface area contributed by atoms with Gasteiger partial charge >= 0.3 is 6.03 Å².